The number of nitrogens with zero attached hydrogens (tertiary/aromatic N) is 3. The predicted octanol–water partition coefficient (Wildman–Crippen LogP) is 2.34. The van der Waals surface area contributed by atoms with Crippen molar-refractivity contribution < 1.29 is 4.79 Å². The van der Waals surface area contributed by atoms with Gasteiger partial charge in [0.2, 0.25) is 0 Å². The van der Waals surface area contributed by atoms with Crippen LogP contribution in [-0.2, 0) is 6.42 Å². The number of benzene rings is 1. The van der Waals surface area contributed by atoms with E-state index < -0.39 is 0 Å². The number of rotatable bonds is 4. The first-order chi connectivity index (χ1) is 11.3. The van der Waals surface area contributed by atoms with E-state index in [4.69, 9.17) is 0 Å². The van der Waals surface area contributed by atoms with Crippen LogP contribution in [0.25, 0.3) is 5.82 Å². The van der Waals surface area contributed by atoms with Gasteiger partial charge in [-0.15, -0.1) is 0 Å². The second kappa shape index (κ2) is 5.68. The summed E-state index contributed by atoms with van der Waals surface area (Å²) in [7, 11) is 0. The Balaban J connectivity index is 1.43. The fourth-order valence-electron chi connectivity index (χ4n) is 2.96. The van der Waals surface area contributed by atoms with Crippen molar-refractivity contribution in [1.82, 2.24) is 19.9 Å². The molecule has 2 heterocycles. The third-order valence-corrected chi connectivity index (χ3v) is 4.25. The minimum Gasteiger partial charge on any atom is -0.351 e. The van der Waals surface area contributed by atoms with Crippen molar-refractivity contribution in [3.63, 3.8) is 0 Å². The van der Waals surface area contributed by atoms with Crippen molar-refractivity contribution in [3.8, 4) is 5.82 Å². The molecule has 0 saturated carbocycles. The number of pyridine rings is 1. The Hall–Kier alpha value is -2.95. The Labute approximate surface area is 134 Å². The summed E-state index contributed by atoms with van der Waals surface area (Å²) in [5.41, 5.74) is 3.34. The van der Waals surface area contributed by atoms with Crippen molar-refractivity contribution in [2.45, 2.75) is 12.3 Å². The van der Waals surface area contributed by atoms with E-state index in [9.17, 15) is 4.79 Å². The Bertz CT molecular complexity index is 842. The van der Waals surface area contributed by atoms with Crippen LogP contribution in [0.5, 0.6) is 0 Å². The second-order valence-electron chi connectivity index (χ2n) is 5.68. The zero-order valence-electron chi connectivity index (χ0n) is 12.5. The van der Waals surface area contributed by atoms with Crippen LogP contribution < -0.4 is 5.32 Å². The van der Waals surface area contributed by atoms with Crippen LogP contribution in [0.1, 0.15) is 27.4 Å². The highest BCUT2D eigenvalue weighted by Crippen LogP contribution is 2.34. The molecule has 0 unspecified atom stereocenters. The fraction of sp³-hybridized carbons (Fsp3) is 0.167. The molecule has 0 saturated heterocycles. The number of hydrogen-bond donors (Lipinski definition) is 1. The van der Waals surface area contributed by atoms with Gasteiger partial charge >= 0.3 is 0 Å². The molecule has 3 aromatic rings. The third-order valence-electron chi connectivity index (χ3n) is 4.25. The standard InChI is InChI=1S/C18H16N4O/c23-18(21-11-15-9-13-3-1-2-4-16(13)15)14-5-6-20-17(10-14)22-8-7-19-12-22/h1-8,10,12,15H,9,11H2,(H,21,23)/t15-/m1/s1. The molecule has 2 aromatic heterocycles. The van der Waals surface area contributed by atoms with Crippen LogP contribution in [0.15, 0.2) is 61.3 Å². The highest BCUT2D eigenvalue weighted by molar-refractivity contribution is 5.94. The van der Waals surface area contributed by atoms with E-state index in [1.54, 1.807) is 41.6 Å². The van der Waals surface area contributed by atoms with Gasteiger partial charge in [0.1, 0.15) is 12.1 Å². The number of amides is 1. The SMILES string of the molecule is O=C(NC[C@H]1Cc2ccccc21)c1ccnc(-n2ccnc2)c1. The lowest BCUT2D eigenvalue weighted by atomic mass is 9.77. The van der Waals surface area contributed by atoms with Crippen molar-refractivity contribution >= 4 is 5.91 Å². The highest BCUT2D eigenvalue weighted by atomic mass is 16.1. The average Bonchev–Trinajstić information content (AvgIpc) is 3.10. The number of imidazole rings is 1. The zero-order chi connectivity index (χ0) is 15.6. The third kappa shape index (κ3) is 2.61. The number of carbonyl (C=O) groups is 1. The highest BCUT2D eigenvalue weighted by Gasteiger charge is 2.25. The van der Waals surface area contributed by atoms with Gasteiger partial charge in [0.15, 0.2) is 0 Å². The number of aromatic nitrogens is 3. The summed E-state index contributed by atoms with van der Waals surface area (Å²) in [6, 6.07) is 11.9. The molecule has 1 aliphatic rings. The van der Waals surface area contributed by atoms with Crippen LogP contribution in [0, 0.1) is 0 Å². The van der Waals surface area contributed by atoms with Gasteiger partial charge in [0.25, 0.3) is 5.91 Å². The maximum atomic E-state index is 12.4. The largest absolute Gasteiger partial charge is 0.351 e. The molecule has 5 nitrogen and oxygen atoms in total. The molecule has 0 radical (unpaired) electrons. The van der Waals surface area contributed by atoms with Gasteiger partial charge in [-0.05, 0) is 29.7 Å². The number of hydrogen-bond acceptors (Lipinski definition) is 3. The topological polar surface area (TPSA) is 59.8 Å². The summed E-state index contributed by atoms with van der Waals surface area (Å²) >= 11 is 0. The van der Waals surface area contributed by atoms with Crippen LogP contribution in [0.2, 0.25) is 0 Å². The molecule has 0 bridgehead atoms. The monoisotopic (exact) mass is 304 g/mol. The summed E-state index contributed by atoms with van der Waals surface area (Å²) in [6.45, 7) is 0.665. The normalized spacial score (nSPS) is 15.6. The van der Waals surface area contributed by atoms with E-state index in [0.29, 0.717) is 23.8 Å². The number of nitrogens with one attached hydrogen (secondary N) is 1. The van der Waals surface area contributed by atoms with Crippen molar-refractivity contribution in [2.75, 3.05) is 6.54 Å². The molecule has 1 N–H and O–H groups in total. The van der Waals surface area contributed by atoms with Gasteiger partial charge < -0.3 is 5.32 Å². The summed E-state index contributed by atoms with van der Waals surface area (Å²) < 4.78 is 1.78. The molecule has 5 heteroatoms. The number of carbonyl (C=O) groups excluding carboxylic acids is 1. The van der Waals surface area contributed by atoms with Crippen LogP contribution in [0.4, 0.5) is 0 Å². The summed E-state index contributed by atoms with van der Waals surface area (Å²) in [5, 5.41) is 3.02. The molecule has 0 spiro atoms. The van der Waals surface area contributed by atoms with Gasteiger partial charge in [-0.1, -0.05) is 24.3 Å². The minimum absolute atomic E-state index is 0.0712. The van der Waals surface area contributed by atoms with Gasteiger partial charge in [-0.3, -0.25) is 9.36 Å². The van der Waals surface area contributed by atoms with Gasteiger partial charge in [0.05, 0.1) is 0 Å². The molecule has 1 aliphatic carbocycles. The average molecular weight is 304 g/mol. The lowest BCUT2D eigenvalue weighted by Crippen LogP contribution is -2.33. The molecular formula is C18H16N4O. The van der Waals surface area contributed by atoms with E-state index in [0.717, 1.165) is 6.42 Å². The first kappa shape index (κ1) is 13.7. The minimum atomic E-state index is -0.0712. The molecule has 0 fully saturated rings. The molecule has 0 aliphatic heterocycles. The Morgan fingerprint density at radius 3 is 3.00 bits per heavy atom. The second-order valence-corrected chi connectivity index (χ2v) is 5.68. The van der Waals surface area contributed by atoms with Crippen molar-refractivity contribution in [3.05, 3.63) is 78.0 Å². The summed E-state index contributed by atoms with van der Waals surface area (Å²) in [5.74, 6) is 1.03. The van der Waals surface area contributed by atoms with Crippen LogP contribution in [-0.4, -0.2) is 27.0 Å². The first-order valence-electron chi connectivity index (χ1n) is 7.61. The van der Waals surface area contributed by atoms with E-state index in [2.05, 4.69) is 33.5 Å². The lowest BCUT2D eigenvalue weighted by Gasteiger charge is -2.30. The van der Waals surface area contributed by atoms with Gasteiger partial charge in [-0.2, -0.15) is 0 Å². The molecule has 23 heavy (non-hydrogen) atoms. The maximum Gasteiger partial charge on any atom is 0.251 e. The molecule has 114 valence electrons. The van der Waals surface area contributed by atoms with E-state index in [1.807, 2.05) is 6.07 Å². The van der Waals surface area contributed by atoms with E-state index >= 15 is 0 Å². The van der Waals surface area contributed by atoms with Crippen molar-refractivity contribution in [2.24, 2.45) is 0 Å². The van der Waals surface area contributed by atoms with E-state index in [-0.39, 0.29) is 5.91 Å². The van der Waals surface area contributed by atoms with Crippen LogP contribution in [0.3, 0.4) is 0 Å². The van der Waals surface area contributed by atoms with Crippen molar-refractivity contribution in [1.29, 1.82) is 0 Å². The fourth-order valence-corrected chi connectivity index (χ4v) is 2.96. The first-order valence-corrected chi connectivity index (χ1v) is 7.61. The maximum absolute atomic E-state index is 12.4. The predicted molar refractivity (Wildman–Crippen MR) is 86.6 cm³/mol. The Morgan fingerprint density at radius 1 is 1.26 bits per heavy atom. The molecule has 1 aromatic carbocycles. The molecule has 4 rings (SSSR count). The van der Waals surface area contributed by atoms with Gasteiger partial charge in [-0.25, -0.2) is 9.97 Å². The summed E-state index contributed by atoms with van der Waals surface area (Å²) in [4.78, 5) is 20.6. The molecular weight excluding hydrogens is 288 g/mol. The van der Waals surface area contributed by atoms with Gasteiger partial charge in [0, 0.05) is 36.6 Å². The summed E-state index contributed by atoms with van der Waals surface area (Å²) in [6.07, 6.45) is 7.82. The smallest absolute Gasteiger partial charge is 0.251 e. The quantitative estimate of drug-likeness (QED) is 0.805. The number of fused-ring (bicyclic) bond motifs is 1. The lowest BCUT2D eigenvalue weighted by molar-refractivity contribution is 0.0950. The molecule has 1 atom stereocenters. The Kier molecular flexibility index (Phi) is 3.38. The Morgan fingerprint density at radius 2 is 2.17 bits per heavy atom. The zero-order valence-corrected chi connectivity index (χ0v) is 12.5. The van der Waals surface area contributed by atoms with E-state index in [1.165, 1.54) is 11.1 Å². The van der Waals surface area contributed by atoms with Crippen LogP contribution >= 0.6 is 0 Å². The molecule has 1 amide bonds.